The van der Waals surface area contributed by atoms with Crippen LogP contribution in [0.15, 0.2) is 35.5 Å². The molecule has 0 aliphatic rings. The summed E-state index contributed by atoms with van der Waals surface area (Å²) >= 11 is 5.93. The molecule has 2 aromatic heterocycles. The number of anilines is 2. The van der Waals surface area contributed by atoms with Crippen LogP contribution in [0.4, 0.5) is 11.6 Å². The standard InChI is InChI=1S/C11H9ClN6O2S/c12-9-8-10(15-5-14-8)17-11(16-9)18-21(19,20)7-3-1-2-6(13)4-7/h1-5H,13H2,(H2,14,15,16,17,18). The number of fused-ring (bicyclic) bond motifs is 1. The number of nitrogens with zero attached hydrogens (tertiary/aromatic N) is 3. The summed E-state index contributed by atoms with van der Waals surface area (Å²) in [6.45, 7) is 0. The molecule has 0 saturated carbocycles. The van der Waals surface area contributed by atoms with E-state index in [1.165, 1.54) is 24.5 Å². The average molecular weight is 325 g/mol. The van der Waals surface area contributed by atoms with Crippen molar-refractivity contribution in [3.05, 3.63) is 35.7 Å². The fourth-order valence-corrected chi connectivity index (χ4v) is 2.92. The van der Waals surface area contributed by atoms with Gasteiger partial charge in [-0.25, -0.2) is 18.1 Å². The maximum absolute atomic E-state index is 12.2. The number of nitrogen functional groups attached to an aromatic ring is 1. The highest BCUT2D eigenvalue weighted by atomic mass is 35.5. The molecule has 0 atom stereocenters. The monoisotopic (exact) mass is 324 g/mol. The van der Waals surface area contributed by atoms with Gasteiger partial charge in [0.15, 0.2) is 10.8 Å². The largest absolute Gasteiger partial charge is 0.399 e. The molecular weight excluding hydrogens is 316 g/mol. The summed E-state index contributed by atoms with van der Waals surface area (Å²) in [5.41, 5.74) is 6.61. The minimum absolute atomic E-state index is 0.00403. The molecule has 0 aliphatic heterocycles. The molecular formula is C11H9ClN6O2S. The lowest BCUT2D eigenvalue weighted by atomic mass is 10.3. The number of hydrogen-bond acceptors (Lipinski definition) is 6. The van der Waals surface area contributed by atoms with Gasteiger partial charge in [-0.05, 0) is 18.2 Å². The molecule has 1 aromatic carbocycles. The number of aromatic nitrogens is 4. The zero-order chi connectivity index (χ0) is 15.0. The van der Waals surface area contributed by atoms with Gasteiger partial charge in [0.05, 0.1) is 11.2 Å². The molecule has 21 heavy (non-hydrogen) atoms. The van der Waals surface area contributed by atoms with Crippen molar-refractivity contribution in [2.75, 3.05) is 10.5 Å². The molecule has 10 heteroatoms. The van der Waals surface area contributed by atoms with Crippen molar-refractivity contribution in [2.24, 2.45) is 0 Å². The van der Waals surface area contributed by atoms with E-state index in [4.69, 9.17) is 17.3 Å². The van der Waals surface area contributed by atoms with Crippen molar-refractivity contribution in [3.8, 4) is 0 Å². The molecule has 0 amide bonds. The molecule has 2 heterocycles. The van der Waals surface area contributed by atoms with Gasteiger partial charge in [-0.2, -0.15) is 9.97 Å². The van der Waals surface area contributed by atoms with E-state index >= 15 is 0 Å². The lowest BCUT2D eigenvalue weighted by Crippen LogP contribution is -2.15. The lowest BCUT2D eigenvalue weighted by Gasteiger charge is -2.07. The molecule has 0 spiro atoms. The van der Waals surface area contributed by atoms with Crippen molar-refractivity contribution in [1.29, 1.82) is 0 Å². The Kier molecular flexibility index (Phi) is 3.15. The Labute approximate surface area is 124 Å². The topological polar surface area (TPSA) is 127 Å². The summed E-state index contributed by atoms with van der Waals surface area (Å²) in [7, 11) is -3.86. The quantitative estimate of drug-likeness (QED) is 0.493. The van der Waals surface area contributed by atoms with Gasteiger partial charge in [0.25, 0.3) is 10.0 Å². The first-order chi connectivity index (χ1) is 9.95. The summed E-state index contributed by atoms with van der Waals surface area (Å²) in [6, 6.07) is 5.86. The van der Waals surface area contributed by atoms with Crippen molar-refractivity contribution in [2.45, 2.75) is 4.90 Å². The minimum atomic E-state index is -3.86. The first-order valence-corrected chi connectivity index (χ1v) is 7.57. The summed E-state index contributed by atoms with van der Waals surface area (Å²) in [6.07, 6.45) is 1.39. The van der Waals surface area contributed by atoms with Crippen LogP contribution >= 0.6 is 11.6 Å². The normalized spacial score (nSPS) is 11.7. The van der Waals surface area contributed by atoms with Crippen LogP contribution in [-0.2, 0) is 10.0 Å². The second kappa shape index (κ2) is 4.86. The molecule has 4 N–H and O–H groups in total. The summed E-state index contributed by atoms with van der Waals surface area (Å²) in [5, 5.41) is 0.0720. The molecule has 108 valence electrons. The lowest BCUT2D eigenvalue weighted by molar-refractivity contribution is 0.601. The maximum Gasteiger partial charge on any atom is 0.264 e. The number of benzene rings is 1. The van der Waals surface area contributed by atoms with Crippen LogP contribution in [0.3, 0.4) is 0 Å². The third kappa shape index (κ3) is 2.60. The molecule has 0 fully saturated rings. The molecule has 0 saturated heterocycles. The van der Waals surface area contributed by atoms with Crippen molar-refractivity contribution < 1.29 is 8.42 Å². The first kappa shape index (κ1) is 13.6. The van der Waals surface area contributed by atoms with Crippen LogP contribution in [0, 0.1) is 0 Å². The third-order valence-electron chi connectivity index (χ3n) is 2.64. The number of nitrogens with one attached hydrogen (secondary N) is 2. The molecule has 0 unspecified atom stereocenters. The summed E-state index contributed by atoms with van der Waals surface area (Å²) in [5.74, 6) is -0.165. The number of nitrogens with two attached hydrogens (primary N) is 1. The Morgan fingerprint density at radius 3 is 2.86 bits per heavy atom. The zero-order valence-corrected chi connectivity index (χ0v) is 12.0. The van der Waals surface area contributed by atoms with Crippen LogP contribution in [0.5, 0.6) is 0 Å². The number of H-pyrrole nitrogens is 1. The van der Waals surface area contributed by atoms with E-state index in [9.17, 15) is 8.42 Å². The molecule has 3 aromatic rings. The van der Waals surface area contributed by atoms with Gasteiger partial charge in [0.2, 0.25) is 5.95 Å². The highest BCUT2D eigenvalue weighted by molar-refractivity contribution is 7.92. The minimum Gasteiger partial charge on any atom is -0.399 e. The third-order valence-corrected chi connectivity index (χ3v) is 4.23. The Bertz CT molecular complexity index is 923. The SMILES string of the molecule is Nc1cccc(S(=O)(=O)Nc2nc(Cl)c3[nH]cnc3n2)c1. The van der Waals surface area contributed by atoms with Crippen LogP contribution in [0.2, 0.25) is 5.15 Å². The number of aromatic amines is 1. The van der Waals surface area contributed by atoms with Gasteiger partial charge in [0, 0.05) is 5.69 Å². The van der Waals surface area contributed by atoms with Crippen molar-refractivity contribution in [1.82, 2.24) is 19.9 Å². The van der Waals surface area contributed by atoms with Gasteiger partial charge in [0.1, 0.15) is 5.52 Å². The van der Waals surface area contributed by atoms with E-state index in [0.29, 0.717) is 11.2 Å². The highest BCUT2D eigenvalue weighted by Gasteiger charge is 2.17. The van der Waals surface area contributed by atoms with Gasteiger partial charge >= 0.3 is 0 Å². The maximum atomic E-state index is 12.2. The van der Waals surface area contributed by atoms with E-state index in [1.54, 1.807) is 6.07 Å². The second-order valence-corrected chi connectivity index (χ2v) is 6.16. The predicted molar refractivity (Wildman–Crippen MR) is 78.4 cm³/mol. The van der Waals surface area contributed by atoms with E-state index in [0.717, 1.165) is 0 Å². The smallest absolute Gasteiger partial charge is 0.264 e. The molecule has 0 radical (unpaired) electrons. The number of imidazole rings is 1. The fourth-order valence-electron chi connectivity index (χ4n) is 1.70. The molecule has 8 nitrogen and oxygen atoms in total. The van der Waals surface area contributed by atoms with Crippen LogP contribution in [0.1, 0.15) is 0 Å². The van der Waals surface area contributed by atoms with E-state index < -0.39 is 10.0 Å². The van der Waals surface area contributed by atoms with Crippen molar-refractivity contribution >= 4 is 44.4 Å². The Balaban J connectivity index is 2.01. The van der Waals surface area contributed by atoms with Crippen LogP contribution < -0.4 is 10.5 Å². The van der Waals surface area contributed by atoms with E-state index in [1.807, 2.05) is 0 Å². The fraction of sp³-hybridized carbons (Fsp3) is 0. The van der Waals surface area contributed by atoms with E-state index in [2.05, 4.69) is 24.7 Å². The number of halogens is 1. The van der Waals surface area contributed by atoms with Gasteiger partial charge < -0.3 is 10.7 Å². The van der Waals surface area contributed by atoms with Gasteiger partial charge in [-0.15, -0.1) is 0 Å². The molecule has 3 rings (SSSR count). The Morgan fingerprint density at radius 2 is 2.10 bits per heavy atom. The predicted octanol–water partition coefficient (Wildman–Crippen LogP) is 1.39. The number of hydrogen-bond donors (Lipinski definition) is 3. The van der Waals surface area contributed by atoms with Gasteiger partial charge in [-0.1, -0.05) is 17.7 Å². The van der Waals surface area contributed by atoms with Crippen molar-refractivity contribution in [3.63, 3.8) is 0 Å². The Hall–Kier alpha value is -2.39. The summed E-state index contributed by atoms with van der Waals surface area (Å²) < 4.78 is 26.7. The number of sulfonamides is 1. The van der Waals surface area contributed by atoms with Gasteiger partial charge in [-0.3, -0.25) is 0 Å². The molecule has 0 aliphatic carbocycles. The second-order valence-electron chi connectivity index (χ2n) is 4.12. The number of rotatable bonds is 3. The Morgan fingerprint density at radius 1 is 1.29 bits per heavy atom. The van der Waals surface area contributed by atoms with E-state index in [-0.39, 0.29) is 21.6 Å². The highest BCUT2D eigenvalue weighted by Crippen LogP contribution is 2.21. The summed E-state index contributed by atoms with van der Waals surface area (Å²) in [4.78, 5) is 14.5. The molecule has 0 bridgehead atoms. The van der Waals surface area contributed by atoms with Crippen LogP contribution in [0.25, 0.3) is 11.2 Å². The average Bonchev–Trinajstić information content (AvgIpc) is 2.87. The zero-order valence-electron chi connectivity index (χ0n) is 10.4. The van der Waals surface area contributed by atoms with Crippen LogP contribution in [-0.4, -0.2) is 28.4 Å². The first-order valence-electron chi connectivity index (χ1n) is 5.71.